The fourth-order valence-corrected chi connectivity index (χ4v) is 3.74. The van der Waals surface area contributed by atoms with E-state index in [0.717, 1.165) is 0 Å². The van der Waals surface area contributed by atoms with Gasteiger partial charge in [0.05, 0.1) is 17.9 Å². The number of pyridine rings is 1. The maximum absolute atomic E-state index is 11.7. The first kappa shape index (κ1) is 18.1. The van der Waals surface area contributed by atoms with Crippen LogP contribution in [0.5, 0.6) is 0 Å². The van der Waals surface area contributed by atoms with Gasteiger partial charge in [-0.2, -0.15) is 0 Å². The molecule has 1 fully saturated rings. The Balaban J connectivity index is 1.88. The second-order valence-electron chi connectivity index (χ2n) is 5.86. The third-order valence-corrected chi connectivity index (χ3v) is 5.53. The molecule has 2 aromatic rings. The van der Waals surface area contributed by atoms with Crippen LogP contribution >= 0.6 is 0 Å². The number of hydrogen-bond donors (Lipinski definition) is 2. The van der Waals surface area contributed by atoms with Crippen LogP contribution in [0, 0.1) is 0 Å². The Labute approximate surface area is 151 Å². The quantitative estimate of drug-likeness (QED) is 0.746. The van der Waals surface area contributed by atoms with Crippen LogP contribution in [-0.4, -0.2) is 65.6 Å². The van der Waals surface area contributed by atoms with Crippen molar-refractivity contribution in [3.8, 4) is 11.5 Å². The van der Waals surface area contributed by atoms with E-state index in [4.69, 9.17) is 5.11 Å². The van der Waals surface area contributed by atoms with Gasteiger partial charge < -0.3 is 15.3 Å². The van der Waals surface area contributed by atoms with Crippen molar-refractivity contribution in [2.24, 2.45) is 0 Å². The second kappa shape index (κ2) is 7.65. The molecule has 3 heterocycles. The summed E-state index contributed by atoms with van der Waals surface area (Å²) in [6.45, 7) is 0.937. The first-order valence-electron chi connectivity index (χ1n) is 8.14. The molecule has 2 N–H and O–H groups in total. The highest BCUT2D eigenvalue weighted by Gasteiger charge is 2.23. The Hall–Kier alpha value is -2.75. The second-order valence-corrected chi connectivity index (χ2v) is 8.16. The molecule has 0 atom stereocenters. The fraction of sp³-hybridized carbons (Fsp3) is 0.375. The van der Waals surface area contributed by atoms with Gasteiger partial charge in [-0.3, -0.25) is 9.78 Å². The summed E-state index contributed by atoms with van der Waals surface area (Å²) in [5.74, 6) is 0.723. The third kappa shape index (κ3) is 4.66. The van der Waals surface area contributed by atoms with E-state index in [0.29, 0.717) is 36.2 Å². The number of sulfone groups is 1. The van der Waals surface area contributed by atoms with Crippen LogP contribution in [0.2, 0.25) is 0 Å². The molecule has 0 radical (unpaired) electrons. The largest absolute Gasteiger partial charge is 0.481 e. The molecule has 3 rings (SSSR count). The lowest BCUT2D eigenvalue weighted by Gasteiger charge is -2.28. The van der Waals surface area contributed by atoms with Gasteiger partial charge in [-0.05, 0) is 12.1 Å². The zero-order chi connectivity index (χ0) is 18.6. The van der Waals surface area contributed by atoms with Gasteiger partial charge in [-0.25, -0.2) is 18.4 Å². The first-order chi connectivity index (χ1) is 12.4. The minimum absolute atomic E-state index is 0.0415. The molecule has 26 heavy (non-hydrogen) atoms. The number of anilines is 2. The Morgan fingerprint density at radius 1 is 1.23 bits per heavy atom. The average Bonchev–Trinajstić information content (AvgIpc) is 2.62. The molecule has 0 bridgehead atoms. The van der Waals surface area contributed by atoms with Crippen molar-refractivity contribution in [3.05, 3.63) is 30.5 Å². The summed E-state index contributed by atoms with van der Waals surface area (Å²) in [5.41, 5.74) is 0.584. The molecule has 1 saturated heterocycles. The standard InChI is InChI=1S/C16H19N5O4S/c22-15(23)4-6-18-13-11-14(21-7-9-26(24,25)10-8-21)20-16(19-13)12-3-1-2-5-17-12/h1-3,5,11H,4,6-10H2,(H,22,23)(H,18,19,20). The van der Waals surface area contributed by atoms with E-state index in [-0.39, 0.29) is 24.5 Å². The molecule has 0 spiro atoms. The van der Waals surface area contributed by atoms with E-state index in [9.17, 15) is 13.2 Å². The minimum atomic E-state index is -3.00. The van der Waals surface area contributed by atoms with Crippen LogP contribution in [0.15, 0.2) is 30.5 Å². The molecule has 0 amide bonds. The summed E-state index contributed by atoms with van der Waals surface area (Å²) in [4.78, 5) is 25.8. The van der Waals surface area contributed by atoms with Gasteiger partial charge in [-0.15, -0.1) is 0 Å². The Morgan fingerprint density at radius 2 is 2.00 bits per heavy atom. The predicted octanol–water partition coefficient (Wildman–Crippen LogP) is 0.660. The zero-order valence-electron chi connectivity index (χ0n) is 14.0. The molecule has 2 aromatic heterocycles. The summed E-state index contributed by atoms with van der Waals surface area (Å²) < 4.78 is 23.3. The number of carboxylic acids is 1. The summed E-state index contributed by atoms with van der Waals surface area (Å²) >= 11 is 0. The van der Waals surface area contributed by atoms with Crippen LogP contribution in [0.25, 0.3) is 11.5 Å². The van der Waals surface area contributed by atoms with Gasteiger partial charge in [0.2, 0.25) is 0 Å². The van der Waals surface area contributed by atoms with Crippen molar-refractivity contribution in [3.63, 3.8) is 0 Å². The molecule has 1 aliphatic heterocycles. The normalized spacial score (nSPS) is 16.2. The molecule has 9 nitrogen and oxygen atoms in total. The van der Waals surface area contributed by atoms with E-state index in [1.54, 1.807) is 24.4 Å². The summed E-state index contributed by atoms with van der Waals surface area (Å²) in [6, 6.07) is 7.09. The molecule has 0 saturated carbocycles. The monoisotopic (exact) mass is 377 g/mol. The van der Waals surface area contributed by atoms with Crippen molar-refractivity contribution >= 4 is 27.4 Å². The summed E-state index contributed by atoms with van der Waals surface area (Å²) in [6.07, 6.45) is 1.59. The van der Waals surface area contributed by atoms with E-state index in [2.05, 4.69) is 20.3 Å². The van der Waals surface area contributed by atoms with Gasteiger partial charge in [-0.1, -0.05) is 6.07 Å². The molecule has 0 aromatic carbocycles. The van der Waals surface area contributed by atoms with Crippen LogP contribution in [0.3, 0.4) is 0 Å². The molecule has 10 heteroatoms. The number of hydrogen-bond acceptors (Lipinski definition) is 8. The summed E-state index contributed by atoms with van der Waals surface area (Å²) in [5, 5.41) is 11.8. The lowest BCUT2D eigenvalue weighted by atomic mass is 10.3. The minimum Gasteiger partial charge on any atom is -0.481 e. The molecule has 0 aliphatic carbocycles. The van der Waals surface area contributed by atoms with Crippen molar-refractivity contribution < 1.29 is 18.3 Å². The van der Waals surface area contributed by atoms with Gasteiger partial charge in [0.15, 0.2) is 15.7 Å². The van der Waals surface area contributed by atoms with Crippen LogP contribution in [0.4, 0.5) is 11.6 Å². The highest BCUT2D eigenvalue weighted by molar-refractivity contribution is 7.91. The number of aliphatic carboxylic acids is 1. The van der Waals surface area contributed by atoms with E-state index >= 15 is 0 Å². The third-order valence-electron chi connectivity index (χ3n) is 3.92. The molecule has 0 unspecified atom stereocenters. The van der Waals surface area contributed by atoms with E-state index < -0.39 is 15.8 Å². The van der Waals surface area contributed by atoms with Crippen molar-refractivity contribution in [2.75, 3.05) is 41.4 Å². The highest BCUT2D eigenvalue weighted by Crippen LogP contribution is 2.22. The van der Waals surface area contributed by atoms with Crippen molar-refractivity contribution in [2.45, 2.75) is 6.42 Å². The lowest BCUT2D eigenvalue weighted by Crippen LogP contribution is -2.40. The lowest BCUT2D eigenvalue weighted by molar-refractivity contribution is -0.136. The van der Waals surface area contributed by atoms with Crippen LogP contribution in [0.1, 0.15) is 6.42 Å². The Morgan fingerprint density at radius 3 is 2.65 bits per heavy atom. The zero-order valence-corrected chi connectivity index (χ0v) is 14.8. The van der Waals surface area contributed by atoms with Crippen molar-refractivity contribution in [1.82, 2.24) is 15.0 Å². The number of nitrogens with one attached hydrogen (secondary N) is 1. The maximum atomic E-state index is 11.7. The van der Waals surface area contributed by atoms with E-state index in [1.807, 2.05) is 11.0 Å². The molecule has 138 valence electrons. The number of aromatic nitrogens is 3. The topological polar surface area (TPSA) is 125 Å². The average molecular weight is 377 g/mol. The van der Waals surface area contributed by atoms with Gasteiger partial charge in [0, 0.05) is 31.9 Å². The maximum Gasteiger partial charge on any atom is 0.305 e. The van der Waals surface area contributed by atoms with Gasteiger partial charge >= 0.3 is 5.97 Å². The summed E-state index contributed by atoms with van der Waals surface area (Å²) in [7, 11) is -3.00. The number of rotatable bonds is 6. The number of carbonyl (C=O) groups is 1. The van der Waals surface area contributed by atoms with E-state index in [1.165, 1.54) is 0 Å². The molecular formula is C16H19N5O4S. The number of carboxylic acid groups (broad SMARTS) is 1. The van der Waals surface area contributed by atoms with Gasteiger partial charge in [0.1, 0.15) is 17.3 Å². The Bertz CT molecular complexity index is 875. The molecular weight excluding hydrogens is 358 g/mol. The SMILES string of the molecule is O=C(O)CCNc1cc(N2CCS(=O)(=O)CC2)nc(-c2ccccn2)n1. The smallest absolute Gasteiger partial charge is 0.305 e. The first-order valence-corrected chi connectivity index (χ1v) is 9.97. The van der Waals surface area contributed by atoms with Crippen LogP contribution in [-0.2, 0) is 14.6 Å². The van der Waals surface area contributed by atoms with Crippen LogP contribution < -0.4 is 10.2 Å². The Kier molecular flexibility index (Phi) is 5.31. The fourth-order valence-electron chi connectivity index (χ4n) is 2.54. The molecule has 1 aliphatic rings. The highest BCUT2D eigenvalue weighted by atomic mass is 32.2. The van der Waals surface area contributed by atoms with Crippen molar-refractivity contribution in [1.29, 1.82) is 0 Å². The predicted molar refractivity (Wildman–Crippen MR) is 96.9 cm³/mol. The van der Waals surface area contributed by atoms with Gasteiger partial charge in [0.25, 0.3) is 0 Å². The number of nitrogens with zero attached hydrogens (tertiary/aromatic N) is 4.